The molecule has 0 bridgehead atoms. The minimum absolute atomic E-state index is 0.124. The molecule has 1 aromatic carbocycles. The van der Waals surface area contributed by atoms with E-state index < -0.39 is 11.6 Å². The van der Waals surface area contributed by atoms with E-state index in [9.17, 15) is 8.78 Å². The second-order valence-corrected chi connectivity index (χ2v) is 6.31. The molecule has 0 amide bonds. The van der Waals surface area contributed by atoms with Gasteiger partial charge in [-0.25, -0.2) is 8.78 Å². The number of halogens is 2. The van der Waals surface area contributed by atoms with Gasteiger partial charge in [0, 0.05) is 15.8 Å². The van der Waals surface area contributed by atoms with E-state index in [1.807, 2.05) is 6.92 Å². The Balaban J connectivity index is 1.98. The summed E-state index contributed by atoms with van der Waals surface area (Å²) in [7, 11) is 0. The van der Waals surface area contributed by atoms with Gasteiger partial charge >= 0.3 is 0 Å². The third kappa shape index (κ3) is 2.63. The Morgan fingerprint density at radius 2 is 1.90 bits per heavy atom. The molecule has 3 rings (SSSR count). The Hall–Kier alpha value is -1.26. The van der Waals surface area contributed by atoms with Crippen LogP contribution in [0.25, 0.3) is 0 Å². The minimum atomic E-state index is -0.521. The van der Waals surface area contributed by atoms with Crippen molar-refractivity contribution in [2.45, 2.75) is 32.2 Å². The van der Waals surface area contributed by atoms with Crippen molar-refractivity contribution in [1.82, 2.24) is 5.32 Å². The van der Waals surface area contributed by atoms with E-state index in [0.717, 1.165) is 30.3 Å². The van der Waals surface area contributed by atoms with Crippen molar-refractivity contribution < 1.29 is 8.78 Å². The molecule has 0 saturated heterocycles. The molecule has 1 unspecified atom stereocenters. The smallest absolute Gasteiger partial charge is 0.126 e. The molecule has 0 spiro atoms. The number of rotatable bonds is 4. The lowest BCUT2D eigenvalue weighted by molar-refractivity contribution is 0.567. The van der Waals surface area contributed by atoms with Crippen LogP contribution in [0, 0.1) is 11.6 Å². The van der Waals surface area contributed by atoms with E-state index in [1.54, 1.807) is 11.3 Å². The Labute approximate surface area is 121 Å². The van der Waals surface area contributed by atoms with E-state index >= 15 is 0 Å². The SMILES string of the molecule is CCNC(c1cc(F)cc(F)c1)c1cc2c(s1)CCC2. The molecular weight excluding hydrogens is 276 g/mol. The summed E-state index contributed by atoms with van der Waals surface area (Å²) in [6.45, 7) is 2.76. The van der Waals surface area contributed by atoms with Crippen molar-refractivity contribution in [1.29, 1.82) is 0 Å². The van der Waals surface area contributed by atoms with Gasteiger partial charge in [-0.2, -0.15) is 0 Å². The Morgan fingerprint density at radius 1 is 1.15 bits per heavy atom. The standard InChI is InChI=1S/C16H17F2NS/c1-2-19-16(11-6-12(17)9-13(18)7-11)15-8-10-4-3-5-14(10)20-15/h6-9,16,19H,2-5H2,1H3. The van der Waals surface area contributed by atoms with Crippen LogP contribution >= 0.6 is 11.3 Å². The second-order valence-electron chi connectivity index (χ2n) is 5.14. The molecule has 1 aliphatic rings. The molecule has 1 aromatic heterocycles. The molecule has 106 valence electrons. The lowest BCUT2D eigenvalue weighted by atomic mass is 10.0. The summed E-state index contributed by atoms with van der Waals surface area (Å²) >= 11 is 1.77. The largest absolute Gasteiger partial charge is 0.306 e. The molecule has 0 saturated carbocycles. The van der Waals surface area contributed by atoms with Crippen LogP contribution in [0.4, 0.5) is 8.78 Å². The van der Waals surface area contributed by atoms with Crippen LogP contribution in [0.5, 0.6) is 0 Å². The van der Waals surface area contributed by atoms with Gasteiger partial charge < -0.3 is 5.32 Å². The fraction of sp³-hybridized carbons (Fsp3) is 0.375. The lowest BCUT2D eigenvalue weighted by Crippen LogP contribution is -2.21. The quantitative estimate of drug-likeness (QED) is 0.890. The summed E-state index contributed by atoms with van der Waals surface area (Å²) in [5, 5.41) is 3.34. The van der Waals surface area contributed by atoms with Crippen LogP contribution in [-0.2, 0) is 12.8 Å². The van der Waals surface area contributed by atoms with Crippen molar-refractivity contribution in [3.05, 3.63) is 56.8 Å². The van der Waals surface area contributed by atoms with E-state index in [2.05, 4.69) is 11.4 Å². The van der Waals surface area contributed by atoms with Crippen LogP contribution in [0.1, 0.15) is 40.3 Å². The third-order valence-electron chi connectivity index (χ3n) is 3.68. The first kappa shape index (κ1) is 13.7. The maximum atomic E-state index is 13.4. The number of thiophene rings is 1. The first-order valence-electron chi connectivity index (χ1n) is 6.98. The average molecular weight is 293 g/mol. The fourth-order valence-electron chi connectivity index (χ4n) is 2.82. The molecule has 1 N–H and O–H groups in total. The van der Waals surface area contributed by atoms with Gasteiger partial charge in [-0.3, -0.25) is 0 Å². The van der Waals surface area contributed by atoms with Crippen LogP contribution in [0.2, 0.25) is 0 Å². The number of aryl methyl sites for hydroxylation is 2. The highest BCUT2D eigenvalue weighted by molar-refractivity contribution is 7.12. The monoisotopic (exact) mass is 293 g/mol. The zero-order chi connectivity index (χ0) is 14.1. The average Bonchev–Trinajstić information content (AvgIpc) is 2.95. The Morgan fingerprint density at radius 3 is 2.55 bits per heavy atom. The van der Waals surface area contributed by atoms with Gasteiger partial charge in [0.1, 0.15) is 11.6 Å². The summed E-state index contributed by atoms with van der Waals surface area (Å²) < 4.78 is 26.9. The first-order valence-corrected chi connectivity index (χ1v) is 7.80. The zero-order valence-electron chi connectivity index (χ0n) is 11.4. The predicted octanol–water partition coefficient (Wildman–Crippen LogP) is 4.21. The summed E-state index contributed by atoms with van der Waals surface area (Å²) in [5.74, 6) is -1.04. The van der Waals surface area contributed by atoms with Crippen LogP contribution in [-0.4, -0.2) is 6.54 Å². The third-order valence-corrected chi connectivity index (χ3v) is 4.98. The normalized spacial score (nSPS) is 15.3. The summed E-state index contributed by atoms with van der Waals surface area (Å²) in [6, 6.07) is 5.83. The van der Waals surface area contributed by atoms with Gasteiger partial charge in [0.2, 0.25) is 0 Å². The maximum Gasteiger partial charge on any atom is 0.126 e. The van der Waals surface area contributed by atoms with Gasteiger partial charge in [-0.15, -0.1) is 11.3 Å². The lowest BCUT2D eigenvalue weighted by Gasteiger charge is -2.17. The van der Waals surface area contributed by atoms with Gasteiger partial charge in [-0.1, -0.05) is 6.92 Å². The molecule has 4 heteroatoms. The van der Waals surface area contributed by atoms with Gasteiger partial charge in [0.15, 0.2) is 0 Å². The second kappa shape index (κ2) is 5.62. The van der Waals surface area contributed by atoms with E-state index in [-0.39, 0.29) is 6.04 Å². The van der Waals surface area contributed by atoms with Crippen molar-refractivity contribution in [3.63, 3.8) is 0 Å². The zero-order valence-corrected chi connectivity index (χ0v) is 12.2. The molecule has 1 aliphatic carbocycles. The topological polar surface area (TPSA) is 12.0 Å². The number of benzene rings is 1. The molecule has 0 radical (unpaired) electrons. The molecule has 20 heavy (non-hydrogen) atoms. The van der Waals surface area contributed by atoms with E-state index in [4.69, 9.17) is 0 Å². The summed E-state index contributed by atoms with van der Waals surface area (Å²) in [6.07, 6.45) is 3.49. The number of hydrogen-bond acceptors (Lipinski definition) is 2. The predicted molar refractivity (Wildman–Crippen MR) is 78.2 cm³/mol. The van der Waals surface area contributed by atoms with Crippen molar-refractivity contribution in [2.75, 3.05) is 6.54 Å². The van der Waals surface area contributed by atoms with Crippen molar-refractivity contribution in [3.8, 4) is 0 Å². The molecule has 0 aliphatic heterocycles. The minimum Gasteiger partial charge on any atom is -0.306 e. The number of fused-ring (bicyclic) bond motifs is 1. The summed E-state index contributed by atoms with van der Waals surface area (Å²) in [4.78, 5) is 2.58. The first-order chi connectivity index (χ1) is 9.67. The van der Waals surface area contributed by atoms with Crippen LogP contribution in [0.3, 0.4) is 0 Å². The highest BCUT2D eigenvalue weighted by atomic mass is 32.1. The van der Waals surface area contributed by atoms with E-state index in [1.165, 1.54) is 29.0 Å². The molecule has 2 aromatic rings. The van der Waals surface area contributed by atoms with Crippen molar-refractivity contribution >= 4 is 11.3 Å². The van der Waals surface area contributed by atoms with Gasteiger partial charge in [0.25, 0.3) is 0 Å². The Bertz CT molecular complexity index is 579. The molecule has 1 heterocycles. The van der Waals surface area contributed by atoms with Crippen LogP contribution in [0.15, 0.2) is 24.3 Å². The Kier molecular flexibility index (Phi) is 3.85. The molecule has 1 nitrogen and oxygen atoms in total. The molecule has 0 fully saturated rings. The highest BCUT2D eigenvalue weighted by Gasteiger charge is 2.21. The molecule has 1 atom stereocenters. The van der Waals surface area contributed by atoms with Crippen LogP contribution < -0.4 is 5.32 Å². The number of hydrogen-bond donors (Lipinski definition) is 1. The molecular formula is C16H17F2NS. The van der Waals surface area contributed by atoms with E-state index in [0.29, 0.717) is 5.56 Å². The fourth-order valence-corrected chi connectivity index (χ4v) is 4.18. The maximum absolute atomic E-state index is 13.4. The summed E-state index contributed by atoms with van der Waals surface area (Å²) in [5.41, 5.74) is 2.06. The van der Waals surface area contributed by atoms with Gasteiger partial charge in [-0.05, 0) is 55.1 Å². The van der Waals surface area contributed by atoms with Crippen molar-refractivity contribution in [2.24, 2.45) is 0 Å². The number of nitrogens with one attached hydrogen (secondary N) is 1. The highest BCUT2D eigenvalue weighted by Crippen LogP contribution is 2.36. The van der Waals surface area contributed by atoms with Gasteiger partial charge in [0.05, 0.1) is 6.04 Å².